The van der Waals surface area contributed by atoms with E-state index in [1.54, 1.807) is 18.0 Å². The van der Waals surface area contributed by atoms with Crippen LogP contribution in [0.4, 0.5) is 0 Å². The van der Waals surface area contributed by atoms with Gasteiger partial charge in [-0.05, 0) is 29.3 Å². The lowest BCUT2D eigenvalue weighted by Gasteiger charge is -2.00. The first kappa shape index (κ1) is 21.3. The van der Waals surface area contributed by atoms with Crippen molar-refractivity contribution in [3.8, 4) is 0 Å². The Bertz CT molecular complexity index is 983. The van der Waals surface area contributed by atoms with Crippen molar-refractivity contribution >= 4 is 74.5 Å². The lowest BCUT2D eigenvalue weighted by atomic mass is 10.2. The van der Waals surface area contributed by atoms with E-state index in [2.05, 4.69) is 36.7 Å². The van der Waals surface area contributed by atoms with Crippen molar-refractivity contribution in [2.45, 2.75) is 14.4 Å². The summed E-state index contributed by atoms with van der Waals surface area (Å²) >= 11 is 13.9. The second-order valence-electron chi connectivity index (χ2n) is 5.35. The van der Waals surface area contributed by atoms with Gasteiger partial charge in [0.25, 0.3) is 5.91 Å². The van der Waals surface area contributed by atoms with Crippen LogP contribution in [0.2, 0.25) is 5.02 Å². The van der Waals surface area contributed by atoms with Gasteiger partial charge in [-0.15, -0.1) is 10.2 Å². The second-order valence-corrected chi connectivity index (χ2v) is 10.1. The average Bonchev–Trinajstić information content (AvgIpc) is 3.14. The molecule has 0 atom stereocenters. The van der Waals surface area contributed by atoms with Crippen molar-refractivity contribution in [3.63, 3.8) is 0 Å². The van der Waals surface area contributed by atoms with Gasteiger partial charge in [-0.25, -0.2) is 5.43 Å². The first-order valence-electron chi connectivity index (χ1n) is 8.00. The standard InChI is InChI=1S/C18H14BrClN4OS3/c19-14-6-3-4-12(8-14)9-21-22-16(25)11-27-18-24-23-17(28-18)26-10-13-5-1-2-7-15(13)20/h1-9H,10-11H2,(H,22,25)/b21-9-. The van der Waals surface area contributed by atoms with Crippen LogP contribution < -0.4 is 5.43 Å². The normalized spacial score (nSPS) is 11.1. The highest BCUT2D eigenvalue weighted by Crippen LogP contribution is 2.32. The Hall–Kier alpha value is -1.39. The zero-order valence-electron chi connectivity index (χ0n) is 14.3. The lowest BCUT2D eigenvalue weighted by Crippen LogP contribution is -2.19. The Morgan fingerprint density at radius 2 is 1.96 bits per heavy atom. The molecule has 0 bridgehead atoms. The van der Waals surface area contributed by atoms with Gasteiger partial charge >= 0.3 is 0 Å². The van der Waals surface area contributed by atoms with Crippen molar-refractivity contribution in [2.24, 2.45) is 5.10 Å². The summed E-state index contributed by atoms with van der Waals surface area (Å²) in [6.45, 7) is 0. The second kappa shape index (κ2) is 11.0. The fourth-order valence-electron chi connectivity index (χ4n) is 1.99. The maximum absolute atomic E-state index is 11.9. The number of nitrogens with one attached hydrogen (secondary N) is 1. The highest BCUT2D eigenvalue weighted by Gasteiger charge is 2.09. The number of hydrogen-bond acceptors (Lipinski definition) is 7. The van der Waals surface area contributed by atoms with Gasteiger partial charge in [0.2, 0.25) is 0 Å². The topological polar surface area (TPSA) is 67.2 Å². The SMILES string of the molecule is O=C(CSc1nnc(SCc2ccccc2Cl)s1)N/N=C\c1cccc(Br)c1. The summed E-state index contributed by atoms with van der Waals surface area (Å²) in [6.07, 6.45) is 1.60. The molecule has 0 aliphatic rings. The van der Waals surface area contributed by atoms with E-state index < -0.39 is 0 Å². The van der Waals surface area contributed by atoms with E-state index >= 15 is 0 Å². The van der Waals surface area contributed by atoms with Gasteiger partial charge in [0, 0.05) is 15.2 Å². The first-order valence-corrected chi connectivity index (χ1v) is 12.0. The van der Waals surface area contributed by atoms with Gasteiger partial charge in [0.1, 0.15) is 0 Å². The summed E-state index contributed by atoms with van der Waals surface area (Å²) in [5, 5.41) is 13.0. The summed E-state index contributed by atoms with van der Waals surface area (Å²) < 4.78 is 2.54. The van der Waals surface area contributed by atoms with Crippen LogP contribution in [0, 0.1) is 0 Å². The van der Waals surface area contributed by atoms with Crippen LogP contribution in [-0.4, -0.2) is 28.1 Å². The fraction of sp³-hybridized carbons (Fsp3) is 0.111. The van der Waals surface area contributed by atoms with Gasteiger partial charge in [-0.2, -0.15) is 5.10 Å². The number of carbonyl (C=O) groups excluding carboxylic acids is 1. The molecule has 1 amide bonds. The van der Waals surface area contributed by atoms with Crippen LogP contribution in [0.5, 0.6) is 0 Å². The molecule has 0 saturated heterocycles. The zero-order chi connectivity index (χ0) is 19.8. The number of hydrogen-bond donors (Lipinski definition) is 1. The van der Waals surface area contributed by atoms with Crippen molar-refractivity contribution in [1.29, 1.82) is 0 Å². The summed E-state index contributed by atoms with van der Waals surface area (Å²) in [4.78, 5) is 11.9. The van der Waals surface area contributed by atoms with Gasteiger partial charge < -0.3 is 0 Å². The maximum Gasteiger partial charge on any atom is 0.250 e. The quantitative estimate of drug-likeness (QED) is 0.245. The molecule has 0 unspecified atom stereocenters. The summed E-state index contributed by atoms with van der Waals surface area (Å²) in [5.41, 5.74) is 4.46. The summed E-state index contributed by atoms with van der Waals surface area (Å²) in [7, 11) is 0. The van der Waals surface area contributed by atoms with E-state index in [1.807, 2.05) is 48.5 Å². The highest BCUT2D eigenvalue weighted by molar-refractivity contribution is 9.10. The fourth-order valence-corrected chi connectivity index (χ4v) is 5.51. The van der Waals surface area contributed by atoms with E-state index in [9.17, 15) is 4.79 Å². The molecule has 0 saturated carbocycles. The third-order valence-corrected chi connectivity index (χ3v) is 7.38. The molecular weight excluding hydrogens is 500 g/mol. The average molecular weight is 514 g/mol. The molecule has 3 rings (SSSR count). The molecule has 0 spiro atoms. The number of amides is 1. The maximum atomic E-state index is 11.9. The molecule has 2 aromatic carbocycles. The van der Waals surface area contributed by atoms with Crippen molar-refractivity contribution < 1.29 is 4.79 Å². The minimum atomic E-state index is -0.197. The van der Waals surface area contributed by atoms with Crippen molar-refractivity contribution in [3.05, 3.63) is 69.2 Å². The van der Waals surface area contributed by atoms with E-state index in [-0.39, 0.29) is 11.7 Å². The summed E-state index contributed by atoms with van der Waals surface area (Å²) in [6, 6.07) is 15.4. The van der Waals surface area contributed by atoms with E-state index in [0.29, 0.717) is 0 Å². The first-order chi connectivity index (χ1) is 13.6. The molecule has 144 valence electrons. The minimum absolute atomic E-state index is 0.197. The van der Waals surface area contributed by atoms with Crippen LogP contribution in [0.3, 0.4) is 0 Å². The Morgan fingerprint density at radius 1 is 1.18 bits per heavy atom. The predicted octanol–water partition coefficient (Wildman–Crippen LogP) is 5.49. The Morgan fingerprint density at radius 3 is 2.75 bits per heavy atom. The molecule has 5 nitrogen and oxygen atoms in total. The zero-order valence-corrected chi connectivity index (χ0v) is 19.1. The third-order valence-electron chi connectivity index (χ3n) is 3.28. The molecule has 1 aromatic heterocycles. The third kappa shape index (κ3) is 6.89. The molecule has 1 heterocycles. The molecular formula is C18H14BrClN4OS3. The summed E-state index contributed by atoms with van der Waals surface area (Å²) in [5.74, 6) is 0.750. The van der Waals surface area contributed by atoms with Gasteiger partial charge in [0.05, 0.1) is 12.0 Å². The number of carbonyl (C=O) groups is 1. The number of benzene rings is 2. The molecule has 1 N–H and O–H groups in total. The monoisotopic (exact) mass is 512 g/mol. The number of thioether (sulfide) groups is 2. The van der Waals surface area contributed by atoms with Crippen LogP contribution in [0.1, 0.15) is 11.1 Å². The van der Waals surface area contributed by atoms with E-state index in [0.717, 1.165) is 35.1 Å². The smallest absolute Gasteiger partial charge is 0.250 e. The van der Waals surface area contributed by atoms with E-state index in [1.165, 1.54) is 23.1 Å². The number of hydrazone groups is 1. The Balaban J connectivity index is 1.42. The Kier molecular flexibility index (Phi) is 8.35. The van der Waals surface area contributed by atoms with Crippen molar-refractivity contribution in [2.75, 3.05) is 5.75 Å². The van der Waals surface area contributed by atoms with Crippen LogP contribution in [-0.2, 0) is 10.5 Å². The molecule has 0 aliphatic carbocycles. The minimum Gasteiger partial charge on any atom is -0.272 e. The van der Waals surface area contributed by atoms with E-state index in [4.69, 9.17) is 11.6 Å². The van der Waals surface area contributed by atoms with Crippen LogP contribution in [0.15, 0.2) is 66.8 Å². The number of rotatable bonds is 8. The lowest BCUT2D eigenvalue weighted by molar-refractivity contribution is -0.118. The van der Waals surface area contributed by atoms with Gasteiger partial charge in [-0.3, -0.25) is 4.79 Å². The Labute approximate surface area is 188 Å². The molecule has 0 fully saturated rings. The van der Waals surface area contributed by atoms with Crippen molar-refractivity contribution in [1.82, 2.24) is 15.6 Å². The molecule has 28 heavy (non-hydrogen) atoms. The molecule has 10 heteroatoms. The molecule has 0 radical (unpaired) electrons. The van der Waals surface area contributed by atoms with Gasteiger partial charge in [-0.1, -0.05) is 92.7 Å². The van der Waals surface area contributed by atoms with Crippen LogP contribution >= 0.6 is 62.4 Å². The number of halogens is 2. The molecule has 0 aliphatic heterocycles. The number of aromatic nitrogens is 2. The predicted molar refractivity (Wildman–Crippen MR) is 122 cm³/mol. The van der Waals surface area contributed by atoms with Crippen LogP contribution in [0.25, 0.3) is 0 Å². The molecule has 3 aromatic rings. The largest absolute Gasteiger partial charge is 0.272 e. The number of nitrogens with zero attached hydrogens (tertiary/aromatic N) is 3. The highest BCUT2D eigenvalue weighted by atomic mass is 79.9. The van der Waals surface area contributed by atoms with Gasteiger partial charge in [0.15, 0.2) is 8.68 Å².